The first-order valence-corrected chi connectivity index (χ1v) is 12.2. The van der Waals surface area contributed by atoms with E-state index in [4.69, 9.17) is 20.4 Å². The van der Waals surface area contributed by atoms with Crippen LogP contribution in [0.5, 0.6) is 0 Å². The van der Waals surface area contributed by atoms with Gasteiger partial charge in [-0.25, -0.2) is 15.0 Å². The van der Waals surface area contributed by atoms with Gasteiger partial charge >= 0.3 is 0 Å². The highest BCUT2D eigenvalue weighted by molar-refractivity contribution is 9.10. The lowest BCUT2D eigenvalue weighted by Gasteiger charge is -2.26. The Hall–Kier alpha value is -2.46. The van der Waals surface area contributed by atoms with Gasteiger partial charge in [-0.05, 0) is 45.6 Å². The van der Waals surface area contributed by atoms with E-state index in [1.165, 1.54) is 6.33 Å². The summed E-state index contributed by atoms with van der Waals surface area (Å²) >= 11 is 5.26. The maximum absolute atomic E-state index is 6.37. The van der Waals surface area contributed by atoms with E-state index in [0.29, 0.717) is 24.6 Å². The smallest absolute Gasteiger partial charge is 0.165 e. The number of rotatable bonds is 4. The lowest BCUT2D eigenvalue weighted by molar-refractivity contribution is 0.0254. The molecule has 5 rings (SSSR count). The molecule has 0 bridgehead atoms. The maximum Gasteiger partial charge on any atom is 0.165 e. The number of nitrogens with two attached hydrogens (primary N) is 1. The SMILES string of the molecule is CC(C)c1c(-c2cccnc2C2CNCCO2)nc2ncnc(N)c2c1-c1cc(Br)cs1. The first-order valence-electron chi connectivity index (χ1n) is 10.5. The van der Waals surface area contributed by atoms with Crippen molar-refractivity contribution in [2.75, 3.05) is 25.4 Å². The number of aromatic nitrogens is 4. The first kappa shape index (κ1) is 21.4. The number of ether oxygens (including phenoxy) is 1. The summed E-state index contributed by atoms with van der Waals surface area (Å²) in [7, 11) is 0. The predicted molar refractivity (Wildman–Crippen MR) is 132 cm³/mol. The van der Waals surface area contributed by atoms with Crippen LogP contribution in [0.2, 0.25) is 0 Å². The Bertz CT molecular complexity index is 1280. The summed E-state index contributed by atoms with van der Waals surface area (Å²) in [6.45, 7) is 6.56. The van der Waals surface area contributed by atoms with Crippen molar-refractivity contribution in [3.05, 3.63) is 51.8 Å². The Labute approximate surface area is 198 Å². The number of morpholine rings is 1. The van der Waals surface area contributed by atoms with Crippen LogP contribution in [0.15, 0.2) is 40.6 Å². The van der Waals surface area contributed by atoms with E-state index in [9.17, 15) is 0 Å². The van der Waals surface area contributed by atoms with E-state index in [-0.39, 0.29) is 12.0 Å². The summed E-state index contributed by atoms with van der Waals surface area (Å²) in [6, 6.07) is 6.12. The molecule has 3 N–H and O–H groups in total. The second-order valence-corrected chi connectivity index (χ2v) is 9.82. The van der Waals surface area contributed by atoms with Crippen LogP contribution in [0, 0.1) is 0 Å². The second-order valence-electron chi connectivity index (χ2n) is 7.99. The summed E-state index contributed by atoms with van der Waals surface area (Å²) in [5, 5.41) is 6.26. The van der Waals surface area contributed by atoms with Crippen molar-refractivity contribution in [3.63, 3.8) is 0 Å². The molecule has 4 aromatic rings. The van der Waals surface area contributed by atoms with Crippen LogP contribution in [-0.2, 0) is 4.74 Å². The lowest BCUT2D eigenvalue weighted by atomic mass is 9.88. The second kappa shape index (κ2) is 8.82. The number of pyridine rings is 2. The minimum atomic E-state index is -0.132. The number of nitrogens with zero attached hydrogens (tertiary/aromatic N) is 4. The van der Waals surface area contributed by atoms with Gasteiger partial charge in [0.2, 0.25) is 0 Å². The van der Waals surface area contributed by atoms with E-state index in [2.05, 4.69) is 62.6 Å². The van der Waals surface area contributed by atoms with E-state index in [1.54, 1.807) is 11.3 Å². The molecule has 1 saturated heterocycles. The third-order valence-electron chi connectivity index (χ3n) is 5.57. The number of hydrogen-bond donors (Lipinski definition) is 2. The molecular weight excluding hydrogens is 488 g/mol. The van der Waals surface area contributed by atoms with Gasteiger partial charge in [0.15, 0.2) is 5.65 Å². The lowest BCUT2D eigenvalue weighted by Crippen LogP contribution is -2.34. The van der Waals surface area contributed by atoms with Crippen molar-refractivity contribution in [3.8, 4) is 21.7 Å². The zero-order valence-electron chi connectivity index (χ0n) is 17.8. The van der Waals surface area contributed by atoms with E-state index in [1.807, 2.05) is 12.3 Å². The Balaban J connectivity index is 1.85. The topological polar surface area (TPSA) is 98.8 Å². The van der Waals surface area contributed by atoms with Crippen LogP contribution in [-0.4, -0.2) is 39.6 Å². The Morgan fingerprint density at radius 1 is 1.28 bits per heavy atom. The molecule has 0 amide bonds. The molecule has 1 aliphatic rings. The van der Waals surface area contributed by atoms with Gasteiger partial charge in [-0.3, -0.25) is 4.98 Å². The molecule has 164 valence electrons. The van der Waals surface area contributed by atoms with E-state index >= 15 is 0 Å². The third kappa shape index (κ3) is 3.79. The molecular formula is C23H23BrN6OS. The number of nitrogens with one attached hydrogen (secondary N) is 1. The standard InChI is InChI=1S/C23H23BrN6OS/c1-12(2)17-18(16-8-13(24)10-32-16)19-22(25)28-11-29-23(19)30-21(17)14-4-3-5-27-20(14)15-9-26-6-7-31-15/h3-5,8,10-12,15,26H,6-7,9H2,1-2H3,(H2,25,28,29,30). The molecule has 0 aliphatic carbocycles. The first-order chi connectivity index (χ1) is 15.5. The molecule has 0 saturated carbocycles. The average Bonchev–Trinajstić information content (AvgIpc) is 3.24. The van der Waals surface area contributed by atoms with Crippen molar-refractivity contribution >= 4 is 44.1 Å². The van der Waals surface area contributed by atoms with Gasteiger partial charge < -0.3 is 15.8 Å². The Morgan fingerprint density at radius 2 is 2.16 bits per heavy atom. The zero-order valence-corrected chi connectivity index (χ0v) is 20.2. The van der Waals surface area contributed by atoms with Gasteiger partial charge in [0.05, 0.1) is 23.4 Å². The largest absolute Gasteiger partial charge is 0.383 e. The number of fused-ring (bicyclic) bond motifs is 1. The van der Waals surface area contributed by atoms with Gasteiger partial charge in [0.25, 0.3) is 0 Å². The molecule has 0 aromatic carbocycles. The van der Waals surface area contributed by atoms with Gasteiger partial charge in [-0.15, -0.1) is 11.3 Å². The average molecular weight is 511 g/mol. The normalized spacial score (nSPS) is 16.7. The summed E-state index contributed by atoms with van der Waals surface area (Å²) in [5.41, 5.74) is 11.8. The van der Waals surface area contributed by atoms with Crippen molar-refractivity contribution in [1.82, 2.24) is 25.3 Å². The molecule has 7 nitrogen and oxygen atoms in total. The highest BCUT2D eigenvalue weighted by atomic mass is 79.9. The van der Waals surface area contributed by atoms with Crippen LogP contribution < -0.4 is 11.1 Å². The van der Waals surface area contributed by atoms with Crippen LogP contribution in [0.25, 0.3) is 32.7 Å². The fourth-order valence-corrected chi connectivity index (χ4v) is 5.71. The zero-order chi connectivity index (χ0) is 22.2. The summed E-state index contributed by atoms with van der Waals surface area (Å²) in [5.74, 6) is 0.609. The van der Waals surface area contributed by atoms with Gasteiger partial charge in [-0.2, -0.15) is 0 Å². The molecule has 5 heterocycles. The molecule has 0 spiro atoms. The predicted octanol–water partition coefficient (Wildman–Crippen LogP) is 4.94. The number of nitrogen functional groups attached to an aromatic ring is 1. The Kier molecular flexibility index (Phi) is 5.90. The Morgan fingerprint density at radius 3 is 2.88 bits per heavy atom. The third-order valence-corrected chi connectivity index (χ3v) is 7.27. The van der Waals surface area contributed by atoms with Crippen LogP contribution in [0.3, 0.4) is 0 Å². The number of anilines is 1. The van der Waals surface area contributed by atoms with Crippen molar-refractivity contribution in [2.45, 2.75) is 25.9 Å². The van der Waals surface area contributed by atoms with Crippen molar-refractivity contribution in [1.29, 1.82) is 0 Å². The number of halogens is 1. The summed E-state index contributed by atoms with van der Waals surface area (Å²) < 4.78 is 7.07. The fourth-order valence-electron chi connectivity index (χ4n) is 4.22. The molecule has 9 heteroatoms. The number of hydrogen-bond acceptors (Lipinski definition) is 8. The van der Waals surface area contributed by atoms with Crippen molar-refractivity contribution < 1.29 is 4.74 Å². The quantitative estimate of drug-likeness (QED) is 0.400. The molecule has 1 aliphatic heterocycles. The molecule has 0 radical (unpaired) electrons. The van der Waals surface area contributed by atoms with E-state index < -0.39 is 0 Å². The van der Waals surface area contributed by atoms with Crippen LogP contribution in [0.1, 0.15) is 37.1 Å². The molecule has 32 heavy (non-hydrogen) atoms. The highest BCUT2D eigenvalue weighted by Crippen LogP contribution is 2.45. The van der Waals surface area contributed by atoms with Crippen LogP contribution >= 0.6 is 27.3 Å². The van der Waals surface area contributed by atoms with E-state index in [0.717, 1.165) is 49.4 Å². The number of thiophene rings is 1. The summed E-state index contributed by atoms with van der Waals surface area (Å²) in [6.07, 6.45) is 3.15. The van der Waals surface area contributed by atoms with Gasteiger partial charge in [0.1, 0.15) is 18.2 Å². The minimum Gasteiger partial charge on any atom is -0.383 e. The summed E-state index contributed by atoms with van der Waals surface area (Å²) in [4.78, 5) is 19.6. The van der Waals surface area contributed by atoms with Gasteiger partial charge in [-0.1, -0.05) is 13.8 Å². The van der Waals surface area contributed by atoms with Crippen molar-refractivity contribution in [2.24, 2.45) is 0 Å². The maximum atomic E-state index is 6.37. The molecule has 1 unspecified atom stereocenters. The highest BCUT2D eigenvalue weighted by Gasteiger charge is 2.27. The molecule has 1 atom stereocenters. The minimum absolute atomic E-state index is 0.132. The molecule has 4 aromatic heterocycles. The monoisotopic (exact) mass is 510 g/mol. The fraction of sp³-hybridized carbons (Fsp3) is 0.304. The van der Waals surface area contributed by atoms with Crippen LogP contribution in [0.4, 0.5) is 5.82 Å². The molecule has 1 fully saturated rings. The van der Waals surface area contributed by atoms with Gasteiger partial charge in [0, 0.05) is 45.1 Å².